The largest absolute Gasteiger partial charge is 0.496 e. The van der Waals surface area contributed by atoms with Crippen LogP contribution in [0, 0.1) is 11.8 Å². The Bertz CT molecular complexity index is 1000. The highest BCUT2D eigenvalue weighted by atomic mass is 19.4. The van der Waals surface area contributed by atoms with Gasteiger partial charge in [0.05, 0.1) is 30.6 Å². The molecule has 2 N–H and O–H groups in total. The molecule has 0 saturated heterocycles. The third-order valence-electron chi connectivity index (χ3n) is 6.00. The molecule has 0 aromatic carbocycles. The normalized spacial score (nSPS) is 24.3. The van der Waals surface area contributed by atoms with Crippen LogP contribution in [0.5, 0.6) is 0 Å². The van der Waals surface area contributed by atoms with E-state index in [0.717, 1.165) is 24.6 Å². The molecule has 0 radical (unpaired) electrons. The first-order valence-electron chi connectivity index (χ1n) is 11.6. The average molecular weight is 492 g/mol. The third-order valence-corrected chi connectivity index (χ3v) is 6.00. The highest BCUT2D eigenvalue weighted by molar-refractivity contribution is 5.83. The molecule has 3 rings (SSSR count). The summed E-state index contributed by atoms with van der Waals surface area (Å²) in [5, 5.41) is 5.74. The number of methoxy groups -OCH3 is 1. The van der Waals surface area contributed by atoms with Gasteiger partial charge in [-0.05, 0) is 50.6 Å². The Morgan fingerprint density at radius 1 is 1.03 bits per heavy atom. The van der Waals surface area contributed by atoms with Gasteiger partial charge in [-0.3, -0.25) is 9.59 Å². The van der Waals surface area contributed by atoms with E-state index in [4.69, 9.17) is 4.74 Å². The molecule has 35 heavy (non-hydrogen) atoms. The lowest BCUT2D eigenvalue weighted by atomic mass is 9.92. The summed E-state index contributed by atoms with van der Waals surface area (Å²) in [5.41, 5.74) is 1.00. The topological polar surface area (TPSA) is 70.7 Å². The maximum absolute atomic E-state index is 13.3. The minimum atomic E-state index is -4.60. The van der Waals surface area contributed by atoms with Gasteiger partial charge in [0.1, 0.15) is 5.76 Å². The average Bonchev–Trinajstić information content (AvgIpc) is 2.82. The van der Waals surface area contributed by atoms with E-state index >= 15 is 0 Å². The Hall–Kier alpha value is -3.07. The van der Waals surface area contributed by atoms with E-state index in [-0.39, 0.29) is 36.6 Å². The summed E-state index contributed by atoms with van der Waals surface area (Å²) in [5.74, 6) is -2.19. The lowest BCUT2D eigenvalue weighted by Crippen LogP contribution is -2.38. The van der Waals surface area contributed by atoms with E-state index < -0.39 is 23.6 Å². The van der Waals surface area contributed by atoms with Crippen molar-refractivity contribution in [1.82, 2.24) is 15.5 Å². The number of hydrogen-bond donors (Lipinski definition) is 2. The summed E-state index contributed by atoms with van der Waals surface area (Å²) in [6, 6.07) is -0.0677. The van der Waals surface area contributed by atoms with Gasteiger partial charge in [0.15, 0.2) is 0 Å². The van der Waals surface area contributed by atoms with Gasteiger partial charge in [-0.2, -0.15) is 13.2 Å². The number of ether oxygens (including phenoxy) is 1. The fraction of sp³-hybridized carbons (Fsp3) is 0.462. The Labute approximate surface area is 204 Å². The second kappa shape index (κ2) is 11.6. The molecule has 3 aliphatic rings. The number of allylic oxidation sites excluding steroid dienone is 3. The molecule has 0 aromatic heterocycles. The van der Waals surface area contributed by atoms with Crippen molar-refractivity contribution in [3.05, 3.63) is 71.1 Å². The van der Waals surface area contributed by atoms with E-state index in [0.29, 0.717) is 6.42 Å². The van der Waals surface area contributed by atoms with Crippen LogP contribution in [0.2, 0.25) is 0 Å². The molecular weight excluding hydrogens is 459 g/mol. The smallest absolute Gasteiger partial charge is 0.419 e. The second-order valence-electron chi connectivity index (χ2n) is 9.12. The van der Waals surface area contributed by atoms with Crippen molar-refractivity contribution in [2.75, 3.05) is 34.3 Å². The van der Waals surface area contributed by atoms with E-state index in [1.54, 1.807) is 6.08 Å². The van der Waals surface area contributed by atoms with Gasteiger partial charge < -0.3 is 20.3 Å². The standard InChI is InChI=1S/C26H32F3N3O3/c1-32(2)16-17-7-10-21(11-8-17)31-25(34)19-6-4-5-18(13-19)15-30-24(33)20-9-12-23(35-3)22(14-20)26(27,28)29/h4-5,7-8,10,12-14,19-21H,6,9,11,15-16H2,1-3H3,(H,30,33)(H,31,34). The Balaban J connectivity index is 1.53. The fourth-order valence-corrected chi connectivity index (χ4v) is 4.22. The van der Waals surface area contributed by atoms with Crippen LogP contribution in [0.15, 0.2) is 71.1 Å². The van der Waals surface area contributed by atoms with Crippen molar-refractivity contribution in [2.45, 2.75) is 31.5 Å². The minimum absolute atomic E-state index is 0.0677. The molecule has 190 valence electrons. The van der Waals surface area contributed by atoms with Crippen LogP contribution in [-0.4, -0.2) is 63.2 Å². The van der Waals surface area contributed by atoms with Crippen LogP contribution in [0.4, 0.5) is 13.2 Å². The zero-order valence-electron chi connectivity index (χ0n) is 20.2. The van der Waals surface area contributed by atoms with E-state index in [2.05, 4.69) is 21.6 Å². The number of likely N-dealkylation sites (N-methyl/N-ethyl adjacent to an activating group) is 1. The molecule has 0 aromatic rings. The van der Waals surface area contributed by atoms with Crippen LogP contribution in [0.25, 0.3) is 0 Å². The van der Waals surface area contributed by atoms with E-state index in [9.17, 15) is 22.8 Å². The maximum Gasteiger partial charge on any atom is 0.419 e. The van der Waals surface area contributed by atoms with E-state index in [1.807, 2.05) is 38.4 Å². The SMILES string of the molecule is COC1=CCC(C(=O)NCC2=CC(C(=O)NC3C=CC(CN(C)C)=CC3)CC=C2)C=C1C(F)(F)F. The summed E-state index contributed by atoms with van der Waals surface area (Å²) < 4.78 is 44.6. The predicted octanol–water partition coefficient (Wildman–Crippen LogP) is 3.58. The molecule has 3 aliphatic carbocycles. The summed E-state index contributed by atoms with van der Waals surface area (Å²) >= 11 is 0. The van der Waals surface area contributed by atoms with Crippen LogP contribution >= 0.6 is 0 Å². The monoisotopic (exact) mass is 491 g/mol. The quantitative estimate of drug-likeness (QED) is 0.545. The first-order chi connectivity index (χ1) is 16.6. The number of nitrogens with zero attached hydrogens (tertiary/aromatic N) is 1. The highest BCUT2D eigenvalue weighted by Gasteiger charge is 2.39. The molecule has 0 saturated carbocycles. The lowest BCUT2D eigenvalue weighted by molar-refractivity contribution is -0.124. The summed E-state index contributed by atoms with van der Waals surface area (Å²) in [6.45, 7) is 0.978. The number of nitrogens with one attached hydrogen (secondary N) is 2. The van der Waals surface area contributed by atoms with Gasteiger partial charge in [-0.1, -0.05) is 42.5 Å². The molecule has 2 amide bonds. The Morgan fingerprint density at radius 3 is 2.40 bits per heavy atom. The molecule has 0 fully saturated rings. The van der Waals surface area contributed by atoms with Crippen molar-refractivity contribution in [1.29, 1.82) is 0 Å². The first kappa shape index (κ1) is 26.5. The lowest BCUT2D eigenvalue weighted by Gasteiger charge is -2.23. The molecule has 6 nitrogen and oxygen atoms in total. The predicted molar refractivity (Wildman–Crippen MR) is 128 cm³/mol. The Morgan fingerprint density at radius 2 is 1.77 bits per heavy atom. The second-order valence-corrected chi connectivity index (χ2v) is 9.12. The fourth-order valence-electron chi connectivity index (χ4n) is 4.22. The molecule has 0 bridgehead atoms. The van der Waals surface area contributed by atoms with Crippen LogP contribution in [0.3, 0.4) is 0 Å². The van der Waals surface area contributed by atoms with Gasteiger partial charge in [-0.15, -0.1) is 0 Å². The van der Waals surface area contributed by atoms with Crippen LogP contribution in [0.1, 0.15) is 19.3 Å². The number of rotatable bonds is 8. The first-order valence-corrected chi connectivity index (χ1v) is 11.6. The summed E-state index contributed by atoms with van der Waals surface area (Å²) in [7, 11) is 5.18. The van der Waals surface area contributed by atoms with Gasteiger partial charge in [0, 0.05) is 13.1 Å². The van der Waals surface area contributed by atoms with Crippen molar-refractivity contribution in [2.24, 2.45) is 11.8 Å². The van der Waals surface area contributed by atoms with Crippen LogP contribution in [-0.2, 0) is 14.3 Å². The van der Waals surface area contributed by atoms with Crippen molar-refractivity contribution in [3.8, 4) is 0 Å². The summed E-state index contributed by atoms with van der Waals surface area (Å²) in [6.07, 6.45) is 10.6. The molecule has 3 unspecified atom stereocenters. The zero-order valence-corrected chi connectivity index (χ0v) is 20.2. The number of halogens is 3. The van der Waals surface area contributed by atoms with Crippen LogP contribution < -0.4 is 10.6 Å². The molecule has 9 heteroatoms. The molecular formula is C26H32F3N3O3. The van der Waals surface area contributed by atoms with Gasteiger partial charge in [0.2, 0.25) is 11.8 Å². The molecule has 0 aliphatic heterocycles. The summed E-state index contributed by atoms with van der Waals surface area (Å²) in [4.78, 5) is 27.4. The highest BCUT2D eigenvalue weighted by Crippen LogP contribution is 2.36. The van der Waals surface area contributed by atoms with Crippen molar-refractivity contribution >= 4 is 11.8 Å². The minimum Gasteiger partial charge on any atom is -0.496 e. The number of amides is 2. The number of carbonyl (C=O) groups excluding carboxylic acids is 2. The Kier molecular flexibility index (Phi) is 8.77. The van der Waals surface area contributed by atoms with Crippen molar-refractivity contribution < 1.29 is 27.5 Å². The maximum atomic E-state index is 13.3. The van der Waals surface area contributed by atoms with Gasteiger partial charge in [-0.25, -0.2) is 0 Å². The van der Waals surface area contributed by atoms with Crippen molar-refractivity contribution in [3.63, 3.8) is 0 Å². The number of alkyl halides is 3. The van der Waals surface area contributed by atoms with E-state index in [1.165, 1.54) is 18.8 Å². The molecule has 3 atom stereocenters. The van der Waals surface area contributed by atoms with Gasteiger partial charge in [0.25, 0.3) is 0 Å². The zero-order chi connectivity index (χ0) is 25.6. The number of hydrogen-bond acceptors (Lipinski definition) is 4. The third kappa shape index (κ3) is 7.45. The number of carbonyl (C=O) groups is 2. The molecule has 0 spiro atoms. The molecule has 0 heterocycles. The van der Waals surface area contributed by atoms with Gasteiger partial charge >= 0.3 is 6.18 Å².